The van der Waals surface area contributed by atoms with E-state index >= 15 is 0 Å². The third-order valence-electron chi connectivity index (χ3n) is 6.21. The maximum atomic E-state index is 12.0. The molecule has 2 rings (SSSR count). The molecule has 0 aromatic rings. The van der Waals surface area contributed by atoms with Crippen LogP contribution in [0.25, 0.3) is 0 Å². The Bertz CT molecular complexity index is 938. The molecule has 0 spiro atoms. The van der Waals surface area contributed by atoms with Gasteiger partial charge in [-0.1, -0.05) is 0 Å². The molecule has 2 heterocycles. The number of ether oxygens (including phenoxy) is 4. The highest BCUT2D eigenvalue weighted by molar-refractivity contribution is 7.80. The number of rotatable bonds is 13. The lowest BCUT2D eigenvalue weighted by atomic mass is 9.97. The van der Waals surface area contributed by atoms with Crippen molar-refractivity contribution >= 4 is 22.6 Å². The standard InChI is InChI=1S/C20H35NO18S/c1-6-11(27)13(29)14(30)19(35-6)38-17(9(26)4-23)16(8(3-22)21-7(2)25)37-20-15(31)18(39-40(32,33)34)12(28)10(5-24)36-20/h3,6,8-20,23-24,26-31H,4-5H2,1-2H3,(H,21,25)(H,32,33,34)/t6-,8-,9+,10+,11+,12-,13+,14-,15+,16+,17+,18-,19-,20-/m0/s1. The molecule has 1 amide bonds. The first-order valence-electron chi connectivity index (χ1n) is 11.9. The summed E-state index contributed by atoms with van der Waals surface area (Å²) in [5, 5.41) is 83.2. The predicted octanol–water partition coefficient (Wildman–Crippen LogP) is -6.73. The first kappa shape index (κ1) is 34.7. The highest BCUT2D eigenvalue weighted by atomic mass is 32.3. The molecule has 10 N–H and O–H groups in total. The van der Waals surface area contributed by atoms with Gasteiger partial charge in [-0.05, 0) is 6.92 Å². The van der Waals surface area contributed by atoms with E-state index < -0.39 is 115 Å². The third kappa shape index (κ3) is 8.53. The number of hydrogen-bond donors (Lipinski definition) is 10. The van der Waals surface area contributed by atoms with Crippen molar-refractivity contribution < 1.29 is 86.5 Å². The van der Waals surface area contributed by atoms with Crippen molar-refractivity contribution in [3.05, 3.63) is 0 Å². The Kier molecular flexibility index (Phi) is 12.7. The molecule has 20 heteroatoms. The van der Waals surface area contributed by atoms with Gasteiger partial charge < -0.3 is 69.9 Å². The molecule has 0 unspecified atom stereocenters. The SMILES string of the molecule is CC(=O)N[C@@H](C=O)[C@@H](O[C@@H]1O[C@H](CO)[C@H](O)[C@H](OS(=O)(=O)O)[C@H]1O)[C@H](O[C@@H]1O[C@@H](C)[C@@H](O)[C@@H](O)[C@@H]1O)[C@H](O)CO. The second-order valence-corrected chi connectivity index (χ2v) is 10.2. The molecule has 2 saturated heterocycles. The maximum Gasteiger partial charge on any atom is 0.397 e. The maximum absolute atomic E-state index is 12.0. The number of aliphatic hydroxyl groups is 8. The van der Waals surface area contributed by atoms with Gasteiger partial charge in [-0.25, -0.2) is 4.18 Å². The first-order chi connectivity index (χ1) is 18.6. The quantitative estimate of drug-likeness (QED) is 0.0685. The number of nitrogens with one attached hydrogen (secondary N) is 1. The van der Waals surface area contributed by atoms with Crippen molar-refractivity contribution in [2.24, 2.45) is 0 Å². The zero-order valence-corrected chi connectivity index (χ0v) is 22.0. The van der Waals surface area contributed by atoms with Crippen LogP contribution in [0.1, 0.15) is 13.8 Å². The molecular formula is C20H35NO18S. The topological polar surface area (TPSA) is 309 Å². The summed E-state index contributed by atoms with van der Waals surface area (Å²) in [6, 6.07) is -1.78. The normalized spacial score (nSPS) is 38.2. The zero-order chi connectivity index (χ0) is 30.5. The summed E-state index contributed by atoms with van der Waals surface area (Å²) in [6.45, 7) is 0.181. The molecule has 19 nitrogen and oxygen atoms in total. The molecule has 2 aliphatic rings. The van der Waals surface area contributed by atoms with Gasteiger partial charge in [-0.15, -0.1) is 0 Å². The minimum Gasteiger partial charge on any atom is -0.394 e. The fourth-order valence-electron chi connectivity index (χ4n) is 4.14. The summed E-state index contributed by atoms with van der Waals surface area (Å²) in [6.07, 6.45) is -24.5. The Labute approximate surface area is 227 Å². The van der Waals surface area contributed by atoms with Gasteiger partial charge in [-0.3, -0.25) is 9.35 Å². The van der Waals surface area contributed by atoms with Gasteiger partial charge in [0, 0.05) is 6.92 Å². The van der Waals surface area contributed by atoms with Crippen LogP contribution in [-0.4, -0.2) is 165 Å². The molecule has 0 aliphatic carbocycles. The van der Waals surface area contributed by atoms with Crippen molar-refractivity contribution in [3.63, 3.8) is 0 Å². The lowest BCUT2D eigenvalue weighted by molar-refractivity contribution is -0.344. The Balaban J connectivity index is 2.50. The van der Waals surface area contributed by atoms with Gasteiger partial charge in [0.05, 0.1) is 19.3 Å². The number of carbonyl (C=O) groups is 2. The fraction of sp³-hybridized carbons (Fsp3) is 0.900. The number of amides is 1. The average molecular weight is 610 g/mol. The minimum absolute atomic E-state index is 0.0889. The lowest BCUT2D eigenvalue weighted by Crippen LogP contribution is -2.65. The molecule has 0 radical (unpaired) electrons. The molecule has 2 fully saturated rings. The van der Waals surface area contributed by atoms with E-state index in [2.05, 4.69) is 9.50 Å². The van der Waals surface area contributed by atoms with E-state index in [1.807, 2.05) is 0 Å². The number of hydrogen-bond acceptors (Lipinski definition) is 17. The second-order valence-electron chi connectivity index (χ2n) is 9.19. The van der Waals surface area contributed by atoms with Gasteiger partial charge in [0.15, 0.2) is 12.6 Å². The van der Waals surface area contributed by atoms with Gasteiger partial charge in [0.2, 0.25) is 5.91 Å². The number of carbonyl (C=O) groups excluding carboxylic acids is 2. The molecule has 0 aromatic carbocycles. The molecule has 14 atom stereocenters. The van der Waals surface area contributed by atoms with Crippen LogP contribution in [0.3, 0.4) is 0 Å². The van der Waals surface area contributed by atoms with Crippen LogP contribution in [0.2, 0.25) is 0 Å². The van der Waals surface area contributed by atoms with Crippen molar-refractivity contribution in [2.45, 2.75) is 99.6 Å². The zero-order valence-electron chi connectivity index (χ0n) is 21.2. The number of aliphatic hydroxyl groups excluding tert-OH is 8. The average Bonchev–Trinajstić information content (AvgIpc) is 2.88. The van der Waals surface area contributed by atoms with Gasteiger partial charge in [0.25, 0.3) is 0 Å². The summed E-state index contributed by atoms with van der Waals surface area (Å²) < 4.78 is 57.6. The molecule has 234 valence electrons. The smallest absolute Gasteiger partial charge is 0.394 e. The molecule has 0 bridgehead atoms. The molecule has 0 saturated carbocycles. The summed E-state index contributed by atoms with van der Waals surface area (Å²) >= 11 is 0. The summed E-state index contributed by atoms with van der Waals surface area (Å²) in [4.78, 5) is 23.8. The Morgan fingerprint density at radius 1 is 0.950 bits per heavy atom. The van der Waals surface area contributed by atoms with Crippen molar-refractivity contribution in [2.75, 3.05) is 13.2 Å². The van der Waals surface area contributed by atoms with Crippen LogP contribution in [0.4, 0.5) is 0 Å². The van der Waals surface area contributed by atoms with Gasteiger partial charge >= 0.3 is 10.4 Å². The minimum atomic E-state index is -5.30. The Hall–Kier alpha value is -1.47. The van der Waals surface area contributed by atoms with Crippen LogP contribution in [0, 0.1) is 0 Å². The highest BCUT2D eigenvalue weighted by Gasteiger charge is 2.51. The number of aldehydes is 1. The van der Waals surface area contributed by atoms with Crippen molar-refractivity contribution in [1.29, 1.82) is 0 Å². The molecular weight excluding hydrogens is 574 g/mol. The summed E-state index contributed by atoms with van der Waals surface area (Å²) in [7, 11) is -5.30. The Morgan fingerprint density at radius 2 is 1.52 bits per heavy atom. The Morgan fingerprint density at radius 3 is 2.02 bits per heavy atom. The second kappa shape index (κ2) is 14.6. The van der Waals surface area contributed by atoms with Crippen LogP contribution in [-0.2, 0) is 43.1 Å². The van der Waals surface area contributed by atoms with Crippen LogP contribution >= 0.6 is 0 Å². The third-order valence-corrected chi connectivity index (χ3v) is 6.67. The van der Waals surface area contributed by atoms with Crippen molar-refractivity contribution in [1.82, 2.24) is 5.32 Å². The van der Waals surface area contributed by atoms with E-state index in [-0.39, 0.29) is 6.29 Å². The predicted molar refractivity (Wildman–Crippen MR) is 123 cm³/mol. The van der Waals surface area contributed by atoms with Gasteiger partial charge in [0.1, 0.15) is 73.4 Å². The van der Waals surface area contributed by atoms with Crippen molar-refractivity contribution in [3.8, 4) is 0 Å². The van der Waals surface area contributed by atoms with E-state index in [4.69, 9.17) is 23.5 Å². The highest BCUT2D eigenvalue weighted by Crippen LogP contribution is 2.30. The van der Waals surface area contributed by atoms with Crippen LogP contribution in [0.15, 0.2) is 0 Å². The van der Waals surface area contributed by atoms with E-state index in [1.165, 1.54) is 6.92 Å². The lowest BCUT2D eigenvalue weighted by Gasteiger charge is -2.45. The van der Waals surface area contributed by atoms with Gasteiger partial charge in [-0.2, -0.15) is 8.42 Å². The molecule has 0 aromatic heterocycles. The molecule has 2 aliphatic heterocycles. The fourth-order valence-corrected chi connectivity index (χ4v) is 4.65. The first-order valence-corrected chi connectivity index (χ1v) is 13.2. The van der Waals surface area contributed by atoms with E-state index in [1.54, 1.807) is 0 Å². The monoisotopic (exact) mass is 609 g/mol. The van der Waals surface area contributed by atoms with E-state index in [0.717, 1.165) is 6.92 Å². The molecule has 40 heavy (non-hydrogen) atoms. The van der Waals surface area contributed by atoms with E-state index in [0.29, 0.717) is 0 Å². The summed E-state index contributed by atoms with van der Waals surface area (Å²) in [5.41, 5.74) is 0. The van der Waals surface area contributed by atoms with E-state index in [9.17, 15) is 58.9 Å². The largest absolute Gasteiger partial charge is 0.397 e. The van der Waals surface area contributed by atoms with Crippen LogP contribution in [0.5, 0.6) is 0 Å². The van der Waals surface area contributed by atoms with Crippen LogP contribution < -0.4 is 5.32 Å². The summed E-state index contributed by atoms with van der Waals surface area (Å²) in [5.74, 6) is -0.828.